The van der Waals surface area contributed by atoms with Crippen molar-refractivity contribution in [3.8, 4) is 11.8 Å². The van der Waals surface area contributed by atoms with Gasteiger partial charge in [0.15, 0.2) is 0 Å². The van der Waals surface area contributed by atoms with Gasteiger partial charge in [-0.3, -0.25) is 0 Å². The van der Waals surface area contributed by atoms with Gasteiger partial charge in [0, 0.05) is 5.56 Å². The molecular weight excluding hydrogens is 224 g/mol. The van der Waals surface area contributed by atoms with Crippen LogP contribution in [-0.4, -0.2) is 6.29 Å². The highest BCUT2D eigenvalue weighted by molar-refractivity contribution is 5.55. The molecule has 0 aliphatic carbocycles. The van der Waals surface area contributed by atoms with E-state index in [0.717, 1.165) is 6.07 Å². The minimum Gasteiger partial charge on any atom is -0.302 e. The molecule has 0 aromatic heterocycles. The zero-order chi connectivity index (χ0) is 12.2. The number of rotatable bonds is 1. The molecule has 0 heterocycles. The van der Waals surface area contributed by atoms with E-state index in [9.17, 15) is 22.4 Å². The van der Waals surface area contributed by atoms with Gasteiger partial charge in [-0.2, -0.15) is 13.2 Å². The van der Waals surface area contributed by atoms with Crippen molar-refractivity contribution < 1.29 is 22.4 Å². The van der Waals surface area contributed by atoms with Crippen molar-refractivity contribution in [2.24, 2.45) is 0 Å². The van der Waals surface area contributed by atoms with E-state index in [4.69, 9.17) is 0 Å². The quantitative estimate of drug-likeness (QED) is 0.412. The maximum atomic E-state index is 13.0. The molecule has 0 fully saturated rings. The molecule has 0 saturated carbocycles. The molecule has 0 aliphatic rings. The van der Waals surface area contributed by atoms with E-state index >= 15 is 0 Å². The van der Waals surface area contributed by atoms with E-state index in [0.29, 0.717) is 18.4 Å². The SMILES string of the molecule is O=CCC#Cc1ccc(C(F)(F)F)c(F)c1. The van der Waals surface area contributed by atoms with Gasteiger partial charge in [0.25, 0.3) is 0 Å². The lowest BCUT2D eigenvalue weighted by Crippen LogP contribution is -2.07. The van der Waals surface area contributed by atoms with Crippen LogP contribution in [0.5, 0.6) is 0 Å². The van der Waals surface area contributed by atoms with Crippen LogP contribution in [0.25, 0.3) is 0 Å². The Morgan fingerprint density at radius 3 is 2.50 bits per heavy atom. The minimum atomic E-state index is -4.71. The molecule has 0 spiro atoms. The summed E-state index contributed by atoms with van der Waals surface area (Å²) in [5.74, 6) is 3.38. The number of alkyl halides is 3. The standard InChI is InChI=1S/C11H6F4O/c12-10-7-8(3-1-2-6-16)4-5-9(10)11(13,14)15/h4-7H,2H2. The van der Waals surface area contributed by atoms with Crippen molar-refractivity contribution in [1.82, 2.24) is 0 Å². The van der Waals surface area contributed by atoms with Gasteiger partial charge in [0.1, 0.15) is 12.1 Å². The smallest absolute Gasteiger partial charge is 0.302 e. The topological polar surface area (TPSA) is 17.1 Å². The van der Waals surface area contributed by atoms with Gasteiger partial charge in [0.05, 0.1) is 12.0 Å². The van der Waals surface area contributed by atoms with Crippen LogP contribution >= 0.6 is 0 Å². The van der Waals surface area contributed by atoms with Crippen molar-refractivity contribution in [2.75, 3.05) is 0 Å². The largest absolute Gasteiger partial charge is 0.419 e. The molecule has 0 N–H and O–H groups in total. The minimum absolute atomic E-state index is 0.0390. The highest BCUT2D eigenvalue weighted by Gasteiger charge is 2.33. The summed E-state index contributed by atoms with van der Waals surface area (Å²) in [4.78, 5) is 9.92. The van der Waals surface area contributed by atoms with Gasteiger partial charge >= 0.3 is 6.18 Å². The zero-order valence-corrected chi connectivity index (χ0v) is 7.94. The summed E-state index contributed by atoms with van der Waals surface area (Å²) >= 11 is 0. The molecule has 0 saturated heterocycles. The number of aldehydes is 1. The lowest BCUT2D eigenvalue weighted by atomic mass is 10.1. The number of benzene rings is 1. The highest BCUT2D eigenvalue weighted by Crippen LogP contribution is 2.31. The van der Waals surface area contributed by atoms with Crippen molar-refractivity contribution in [2.45, 2.75) is 12.6 Å². The average molecular weight is 230 g/mol. The van der Waals surface area contributed by atoms with E-state index in [-0.39, 0.29) is 12.0 Å². The number of carbonyl (C=O) groups is 1. The molecule has 0 unspecified atom stereocenters. The Labute approximate surface area is 89.1 Å². The van der Waals surface area contributed by atoms with E-state index in [1.807, 2.05) is 0 Å². The Balaban J connectivity index is 3.01. The van der Waals surface area contributed by atoms with E-state index in [1.165, 1.54) is 0 Å². The third-order valence-electron chi connectivity index (χ3n) is 1.69. The molecule has 1 nitrogen and oxygen atoms in total. The fourth-order valence-corrected chi connectivity index (χ4v) is 1.02. The van der Waals surface area contributed by atoms with Crippen LogP contribution < -0.4 is 0 Å². The fourth-order valence-electron chi connectivity index (χ4n) is 1.02. The molecule has 5 heteroatoms. The van der Waals surface area contributed by atoms with Gasteiger partial charge in [-0.25, -0.2) is 4.39 Å². The summed E-state index contributed by atoms with van der Waals surface area (Å²) in [6.07, 6.45) is -4.20. The first-order valence-electron chi connectivity index (χ1n) is 4.24. The molecule has 1 rings (SSSR count). The predicted octanol–water partition coefficient (Wildman–Crippen LogP) is 2.79. The second-order valence-corrected chi connectivity index (χ2v) is 2.86. The first kappa shape index (κ1) is 12.2. The average Bonchev–Trinajstić information content (AvgIpc) is 2.16. The highest BCUT2D eigenvalue weighted by atomic mass is 19.4. The van der Waals surface area contributed by atoms with E-state index in [2.05, 4.69) is 11.8 Å². The maximum Gasteiger partial charge on any atom is 0.419 e. The Bertz CT molecular complexity index is 451. The van der Waals surface area contributed by atoms with Gasteiger partial charge < -0.3 is 4.79 Å². The van der Waals surface area contributed by atoms with Gasteiger partial charge in [-0.15, -0.1) is 0 Å². The molecule has 0 amide bonds. The van der Waals surface area contributed by atoms with Crippen LogP contribution in [0, 0.1) is 17.7 Å². The molecular formula is C11H6F4O. The number of hydrogen-bond donors (Lipinski definition) is 0. The molecule has 0 bridgehead atoms. The van der Waals surface area contributed by atoms with Crippen LogP contribution in [0.1, 0.15) is 17.5 Å². The summed E-state index contributed by atoms with van der Waals surface area (Å²) in [6, 6.07) is 2.38. The lowest BCUT2D eigenvalue weighted by Gasteiger charge is -2.07. The number of hydrogen-bond acceptors (Lipinski definition) is 1. The van der Waals surface area contributed by atoms with Gasteiger partial charge in [0.2, 0.25) is 0 Å². The predicted molar refractivity (Wildman–Crippen MR) is 49.0 cm³/mol. The maximum absolute atomic E-state index is 13.0. The van der Waals surface area contributed by atoms with Crippen LogP contribution in [0.2, 0.25) is 0 Å². The lowest BCUT2D eigenvalue weighted by molar-refractivity contribution is -0.140. The summed E-state index contributed by atoms with van der Waals surface area (Å²) in [7, 11) is 0. The van der Waals surface area contributed by atoms with Crippen LogP contribution in [-0.2, 0) is 11.0 Å². The number of halogens is 4. The molecule has 0 atom stereocenters. The zero-order valence-electron chi connectivity index (χ0n) is 7.94. The van der Waals surface area contributed by atoms with Crippen molar-refractivity contribution in [1.29, 1.82) is 0 Å². The van der Waals surface area contributed by atoms with Crippen LogP contribution in [0.3, 0.4) is 0 Å². The Hall–Kier alpha value is -1.83. The van der Waals surface area contributed by atoms with Crippen LogP contribution in [0.4, 0.5) is 17.6 Å². The van der Waals surface area contributed by atoms with Gasteiger partial charge in [-0.1, -0.05) is 11.8 Å². The first-order valence-corrected chi connectivity index (χ1v) is 4.24. The van der Waals surface area contributed by atoms with Crippen LogP contribution in [0.15, 0.2) is 18.2 Å². The third kappa shape index (κ3) is 3.09. The number of carbonyl (C=O) groups excluding carboxylic acids is 1. The molecule has 1 aromatic rings. The van der Waals surface area contributed by atoms with Crippen molar-refractivity contribution in [3.63, 3.8) is 0 Å². The monoisotopic (exact) mass is 230 g/mol. The fraction of sp³-hybridized carbons (Fsp3) is 0.182. The normalized spacial score (nSPS) is 10.5. The summed E-state index contributed by atoms with van der Waals surface area (Å²) in [5.41, 5.74) is -1.22. The molecule has 84 valence electrons. The van der Waals surface area contributed by atoms with Crippen molar-refractivity contribution >= 4 is 6.29 Å². The molecule has 0 aliphatic heterocycles. The summed E-state index contributed by atoms with van der Waals surface area (Å²) in [6.45, 7) is 0. The Kier molecular flexibility index (Phi) is 3.67. The third-order valence-corrected chi connectivity index (χ3v) is 1.69. The summed E-state index contributed by atoms with van der Waals surface area (Å²) in [5, 5.41) is 0. The molecule has 16 heavy (non-hydrogen) atoms. The van der Waals surface area contributed by atoms with Gasteiger partial charge in [-0.05, 0) is 18.2 Å². The summed E-state index contributed by atoms with van der Waals surface area (Å²) < 4.78 is 49.5. The molecule has 1 aromatic carbocycles. The van der Waals surface area contributed by atoms with Crippen molar-refractivity contribution in [3.05, 3.63) is 35.1 Å². The second-order valence-electron chi connectivity index (χ2n) is 2.86. The Morgan fingerprint density at radius 1 is 1.31 bits per heavy atom. The molecule has 0 radical (unpaired) electrons. The van der Waals surface area contributed by atoms with E-state index < -0.39 is 17.6 Å². The van der Waals surface area contributed by atoms with E-state index in [1.54, 1.807) is 0 Å². The first-order chi connectivity index (χ1) is 7.45. The second kappa shape index (κ2) is 4.79. The Morgan fingerprint density at radius 2 is 2.00 bits per heavy atom.